The molecule has 2 unspecified atom stereocenters. The molecule has 0 aromatic carbocycles. The van der Waals surface area contributed by atoms with Crippen LogP contribution >= 0.6 is 0 Å². The SMILES string of the molecule is CCC1(N)C(C)CCN1C. The minimum absolute atomic E-state index is 0.0139. The van der Waals surface area contributed by atoms with Crippen LogP contribution in [0.2, 0.25) is 0 Å². The van der Waals surface area contributed by atoms with E-state index < -0.39 is 0 Å². The Morgan fingerprint density at radius 3 is 2.50 bits per heavy atom. The van der Waals surface area contributed by atoms with Crippen LogP contribution in [0.5, 0.6) is 0 Å². The van der Waals surface area contributed by atoms with E-state index in [1.165, 1.54) is 6.42 Å². The van der Waals surface area contributed by atoms with Crippen molar-refractivity contribution in [1.29, 1.82) is 0 Å². The average molecular weight is 142 g/mol. The van der Waals surface area contributed by atoms with Gasteiger partial charge in [0.1, 0.15) is 0 Å². The number of nitrogens with zero attached hydrogens (tertiary/aromatic N) is 1. The second kappa shape index (κ2) is 2.51. The molecule has 2 heteroatoms. The van der Waals surface area contributed by atoms with E-state index in [0.29, 0.717) is 5.92 Å². The van der Waals surface area contributed by atoms with Crippen LogP contribution in [-0.4, -0.2) is 24.2 Å². The van der Waals surface area contributed by atoms with E-state index in [-0.39, 0.29) is 5.66 Å². The summed E-state index contributed by atoms with van der Waals surface area (Å²) >= 11 is 0. The summed E-state index contributed by atoms with van der Waals surface area (Å²) in [6.45, 7) is 5.57. The van der Waals surface area contributed by atoms with Gasteiger partial charge in [-0.3, -0.25) is 4.90 Å². The fraction of sp³-hybridized carbons (Fsp3) is 1.00. The Kier molecular flexibility index (Phi) is 2.02. The van der Waals surface area contributed by atoms with Crippen LogP contribution < -0.4 is 5.73 Å². The van der Waals surface area contributed by atoms with Crippen LogP contribution in [0.15, 0.2) is 0 Å². The van der Waals surface area contributed by atoms with Gasteiger partial charge in [-0.25, -0.2) is 0 Å². The molecule has 2 N–H and O–H groups in total. The van der Waals surface area contributed by atoms with Crippen molar-refractivity contribution in [3.63, 3.8) is 0 Å². The molecule has 0 bridgehead atoms. The van der Waals surface area contributed by atoms with E-state index in [4.69, 9.17) is 5.73 Å². The molecule has 0 amide bonds. The third-order valence-corrected chi connectivity index (χ3v) is 3.03. The Morgan fingerprint density at radius 1 is 1.70 bits per heavy atom. The third-order valence-electron chi connectivity index (χ3n) is 3.03. The monoisotopic (exact) mass is 142 g/mol. The van der Waals surface area contributed by atoms with Gasteiger partial charge in [0, 0.05) is 0 Å². The summed E-state index contributed by atoms with van der Waals surface area (Å²) in [6.07, 6.45) is 2.31. The molecule has 1 rings (SSSR count). The molecule has 1 fully saturated rings. The maximum atomic E-state index is 6.17. The molecule has 0 aromatic heterocycles. The van der Waals surface area contributed by atoms with Crippen LogP contribution in [0.1, 0.15) is 26.7 Å². The van der Waals surface area contributed by atoms with Crippen LogP contribution in [0.25, 0.3) is 0 Å². The van der Waals surface area contributed by atoms with E-state index in [1.807, 2.05) is 0 Å². The van der Waals surface area contributed by atoms with Crippen LogP contribution in [0.4, 0.5) is 0 Å². The van der Waals surface area contributed by atoms with Gasteiger partial charge in [-0.15, -0.1) is 0 Å². The first-order chi connectivity index (χ1) is 4.61. The summed E-state index contributed by atoms with van der Waals surface area (Å²) in [4.78, 5) is 2.28. The molecule has 2 nitrogen and oxygen atoms in total. The van der Waals surface area contributed by atoms with Crippen LogP contribution in [0, 0.1) is 5.92 Å². The zero-order valence-corrected chi connectivity index (χ0v) is 7.22. The standard InChI is InChI=1S/C8H18N2/c1-4-8(9)7(2)5-6-10(8)3/h7H,4-6,9H2,1-3H3. The van der Waals surface area contributed by atoms with Gasteiger partial charge in [0.25, 0.3) is 0 Å². The first-order valence-electron chi connectivity index (χ1n) is 4.11. The van der Waals surface area contributed by atoms with Crippen molar-refractivity contribution in [3.8, 4) is 0 Å². The molecule has 1 aliphatic rings. The van der Waals surface area contributed by atoms with Gasteiger partial charge >= 0.3 is 0 Å². The first-order valence-corrected chi connectivity index (χ1v) is 4.11. The molecule has 10 heavy (non-hydrogen) atoms. The van der Waals surface area contributed by atoms with Crippen LogP contribution in [0.3, 0.4) is 0 Å². The minimum atomic E-state index is -0.0139. The zero-order valence-electron chi connectivity index (χ0n) is 7.22. The van der Waals surface area contributed by atoms with Gasteiger partial charge in [-0.1, -0.05) is 13.8 Å². The fourth-order valence-electron chi connectivity index (χ4n) is 1.84. The second-order valence-corrected chi connectivity index (χ2v) is 3.46. The van der Waals surface area contributed by atoms with Crippen molar-refractivity contribution in [2.24, 2.45) is 11.7 Å². The summed E-state index contributed by atoms with van der Waals surface area (Å²) in [7, 11) is 2.12. The quantitative estimate of drug-likeness (QED) is 0.592. The highest BCUT2D eigenvalue weighted by Crippen LogP contribution is 2.31. The summed E-state index contributed by atoms with van der Waals surface area (Å²) < 4.78 is 0. The molecule has 2 atom stereocenters. The van der Waals surface area contributed by atoms with Crippen molar-refractivity contribution in [2.75, 3.05) is 13.6 Å². The van der Waals surface area contributed by atoms with Crippen LogP contribution in [-0.2, 0) is 0 Å². The summed E-state index contributed by atoms with van der Waals surface area (Å²) in [5.41, 5.74) is 6.16. The molecule has 1 saturated heterocycles. The number of hydrogen-bond donors (Lipinski definition) is 1. The van der Waals surface area contributed by atoms with E-state index >= 15 is 0 Å². The molecule has 0 aliphatic carbocycles. The summed E-state index contributed by atoms with van der Waals surface area (Å²) in [5, 5.41) is 0. The highest BCUT2D eigenvalue weighted by molar-refractivity contribution is 4.92. The minimum Gasteiger partial charge on any atom is -0.313 e. The number of hydrogen-bond acceptors (Lipinski definition) is 2. The number of rotatable bonds is 1. The molecule has 1 heterocycles. The van der Waals surface area contributed by atoms with Gasteiger partial charge in [0.05, 0.1) is 5.66 Å². The maximum absolute atomic E-state index is 6.17. The third kappa shape index (κ3) is 0.956. The molecule has 1 aliphatic heterocycles. The van der Waals surface area contributed by atoms with Crippen molar-refractivity contribution in [2.45, 2.75) is 32.4 Å². The predicted molar refractivity (Wildman–Crippen MR) is 43.6 cm³/mol. The van der Waals surface area contributed by atoms with Crippen molar-refractivity contribution < 1.29 is 0 Å². The summed E-state index contributed by atoms with van der Waals surface area (Å²) in [6, 6.07) is 0. The molecule has 0 radical (unpaired) electrons. The van der Waals surface area contributed by atoms with E-state index in [2.05, 4.69) is 25.8 Å². The Balaban J connectivity index is 2.70. The molecule has 60 valence electrons. The lowest BCUT2D eigenvalue weighted by Gasteiger charge is -2.34. The fourth-order valence-corrected chi connectivity index (χ4v) is 1.84. The Bertz CT molecular complexity index is 112. The van der Waals surface area contributed by atoms with Gasteiger partial charge < -0.3 is 5.73 Å². The van der Waals surface area contributed by atoms with Gasteiger partial charge in [-0.05, 0) is 32.4 Å². The maximum Gasteiger partial charge on any atom is 0.0708 e. The Morgan fingerprint density at radius 2 is 2.30 bits per heavy atom. The lowest BCUT2D eigenvalue weighted by atomic mass is 9.94. The normalized spacial score (nSPS) is 42.6. The topological polar surface area (TPSA) is 29.3 Å². The number of likely N-dealkylation sites (tertiary alicyclic amines) is 1. The van der Waals surface area contributed by atoms with Gasteiger partial charge in [0.2, 0.25) is 0 Å². The average Bonchev–Trinajstić information content (AvgIpc) is 2.18. The highest BCUT2D eigenvalue weighted by Gasteiger charge is 2.39. The molecular weight excluding hydrogens is 124 g/mol. The Hall–Kier alpha value is -0.0800. The van der Waals surface area contributed by atoms with E-state index in [0.717, 1.165) is 13.0 Å². The number of nitrogens with two attached hydrogens (primary N) is 1. The predicted octanol–water partition coefficient (Wildman–Crippen LogP) is 1.02. The Labute approximate surface area is 63.4 Å². The van der Waals surface area contributed by atoms with Gasteiger partial charge in [-0.2, -0.15) is 0 Å². The van der Waals surface area contributed by atoms with Crippen molar-refractivity contribution >= 4 is 0 Å². The second-order valence-electron chi connectivity index (χ2n) is 3.46. The van der Waals surface area contributed by atoms with Crippen molar-refractivity contribution in [3.05, 3.63) is 0 Å². The van der Waals surface area contributed by atoms with E-state index in [1.54, 1.807) is 0 Å². The molecule has 0 aromatic rings. The van der Waals surface area contributed by atoms with Gasteiger partial charge in [0.15, 0.2) is 0 Å². The lowest BCUT2D eigenvalue weighted by Crippen LogP contribution is -2.52. The smallest absolute Gasteiger partial charge is 0.0708 e. The lowest BCUT2D eigenvalue weighted by molar-refractivity contribution is 0.137. The highest BCUT2D eigenvalue weighted by atomic mass is 15.3. The molecular formula is C8H18N2. The molecule has 0 spiro atoms. The first kappa shape index (κ1) is 8.02. The molecule has 0 saturated carbocycles. The van der Waals surface area contributed by atoms with Crippen molar-refractivity contribution in [1.82, 2.24) is 4.90 Å². The van der Waals surface area contributed by atoms with E-state index in [9.17, 15) is 0 Å². The summed E-state index contributed by atoms with van der Waals surface area (Å²) in [5.74, 6) is 0.655. The zero-order chi connectivity index (χ0) is 7.78. The largest absolute Gasteiger partial charge is 0.313 e.